The molecule has 1 heteroatoms. The number of anilines is 1. The van der Waals surface area contributed by atoms with Gasteiger partial charge in [0, 0.05) is 11.3 Å². The highest BCUT2D eigenvalue weighted by atomic mass is 14.8. The smallest absolute Gasteiger partial charge is 0.0769 e. The maximum Gasteiger partial charge on any atom is 0.0769 e. The summed E-state index contributed by atoms with van der Waals surface area (Å²) in [5.74, 6) is 6.16. The van der Waals surface area contributed by atoms with E-state index in [2.05, 4.69) is 23.2 Å². The molecule has 0 atom stereocenters. The summed E-state index contributed by atoms with van der Waals surface area (Å²) in [7, 11) is 0. The second-order valence-electron chi connectivity index (χ2n) is 3.31. The van der Waals surface area contributed by atoms with Gasteiger partial charge in [-0.05, 0) is 30.3 Å². The quantitative estimate of drug-likeness (QED) is 0.745. The van der Waals surface area contributed by atoms with Crippen LogP contribution in [0.25, 0.3) is 0 Å². The molecule has 2 aromatic rings. The molecule has 0 heterocycles. The summed E-state index contributed by atoms with van der Waals surface area (Å²) in [5, 5.41) is 3.23. The first-order valence-corrected chi connectivity index (χ1v) is 5.19. The van der Waals surface area contributed by atoms with Gasteiger partial charge in [0.05, 0.1) is 6.54 Å². The second kappa shape index (κ2) is 5.63. The summed E-state index contributed by atoms with van der Waals surface area (Å²) in [4.78, 5) is 0. The molecule has 0 aliphatic carbocycles. The molecule has 0 aliphatic heterocycles. The number of nitrogens with one attached hydrogen (secondary N) is 1. The zero-order chi connectivity index (χ0) is 11.1. The number of hydrogen-bond donors (Lipinski definition) is 1. The largest absolute Gasteiger partial charge is 0.374 e. The zero-order valence-corrected chi connectivity index (χ0v) is 8.90. The predicted octanol–water partition coefficient (Wildman–Crippen LogP) is 2.95. The van der Waals surface area contributed by atoms with Crippen LogP contribution in [0.4, 0.5) is 5.69 Å². The minimum atomic E-state index is 0.655. The Bertz CT molecular complexity index is 477. The van der Waals surface area contributed by atoms with E-state index in [9.17, 15) is 0 Å². The number of para-hydroxylation sites is 1. The molecule has 2 aromatic carbocycles. The van der Waals surface area contributed by atoms with Crippen LogP contribution in [0.1, 0.15) is 5.56 Å². The fourth-order valence-electron chi connectivity index (χ4n) is 1.32. The Labute approximate surface area is 96.1 Å². The van der Waals surface area contributed by atoms with Crippen LogP contribution in [0.2, 0.25) is 0 Å². The van der Waals surface area contributed by atoms with Crippen molar-refractivity contribution in [3.05, 3.63) is 66.2 Å². The van der Waals surface area contributed by atoms with Gasteiger partial charge in [-0.2, -0.15) is 0 Å². The summed E-state index contributed by atoms with van der Waals surface area (Å²) < 4.78 is 0. The first-order valence-electron chi connectivity index (χ1n) is 5.19. The SMILES string of the molecule is C(#Cc1cc[c]cc1)CNc1ccccc1. The molecule has 0 saturated carbocycles. The summed E-state index contributed by atoms with van der Waals surface area (Å²) in [6.45, 7) is 0.655. The van der Waals surface area contributed by atoms with Crippen molar-refractivity contribution in [3.8, 4) is 11.8 Å². The van der Waals surface area contributed by atoms with Crippen LogP contribution < -0.4 is 5.32 Å². The van der Waals surface area contributed by atoms with E-state index >= 15 is 0 Å². The molecular weight excluding hydrogens is 194 g/mol. The van der Waals surface area contributed by atoms with Crippen molar-refractivity contribution in [2.75, 3.05) is 11.9 Å². The molecule has 0 bridgehead atoms. The average molecular weight is 206 g/mol. The topological polar surface area (TPSA) is 12.0 Å². The first-order chi connectivity index (χ1) is 7.95. The molecule has 16 heavy (non-hydrogen) atoms. The first kappa shape index (κ1) is 10.3. The van der Waals surface area contributed by atoms with E-state index in [-0.39, 0.29) is 0 Å². The molecule has 0 aliphatic rings. The van der Waals surface area contributed by atoms with Crippen LogP contribution >= 0.6 is 0 Å². The molecule has 77 valence electrons. The third-order valence-corrected chi connectivity index (χ3v) is 2.11. The van der Waals surface area contributed by atoms with Gasteiger partial charge in [0.15, 0.2) is 0 Å². The van der Waals surface area contributed by atoms with Crippen molar-refractivity contribution >= 4 is 5.69 Å². The predicted molar refractivity (Wildman–Crippen MR) is 67.1 cm³/mol. The third-order valence-electron chi connectivity index (χ3n) is 2.11. The van der Waals surface area contributed by atoms with Gasteiger partial charge in [0.25, 0.3) is 0 Å². The molecule has 0 fully saturated rings. The summed E-state index contributed by atoms with van der Waals surface area (Å²) >= 11 is 0. The number of rotatable bonds is 2. The fraction of sp³-hybridized carbons (Fsp3) is 0.0667. The van der Waals surface area contributed by atoms with Gasteiger partial charge < -0.3 is 5.32 Å². The van der Waals surface area contributed by atoms with Crippen LogP contribution in [0.5, 0.6) is 0 Å². The van der Waals surface area contributed by atoms with Gasteiger partial charge in [-0.15, -0.1) is 0 Å². The van der Waals surface area contributed by atoms with Gasteiger partial charge >= 0.3 is 0 Å². The van der Waals surface area contributed by atoms with Crippen LogP contribution in [0.15, 0.2) is 54.6 Å². The number of hydrogen-bond acceptors (Lipinski definition) is 1. The maximum atomic E-state index is 3.23. The normalized spacial score (nSPS) is 9.00. The lowest BCUT2D eigenvalue weighted by molar-refractivity contribution is 1.38. The van der Waals surface area contributed by atoms with E-state index in [1.165, 1.54) is 0 Å². The zero-order valence-electron chi connectivity index (χ0n) is 8.90. The van der Waals surface area contributed by atoms with Crippen LogP contribution in [0, 0.1) is 17.9 Å². The Balaban J connectivity index is 1.87. The van der Waals surface area contributed by atoms with Crippen LogP contribution in [0.3, 0.4) is 0 Å². The Morgan fingerprint density at radius 3 is 2.50 bits per heavy atom. The molecule has 0 amide bonds. The Hall–Kier alpha value is -2.20. The minimum absolute atomic E-state index is 0.655. The fourth-order valence-corrected chi connectivity index (χ4v) is 1.32. The molecule has 2 rings (SSSR count). The lowest BCUT2D eigenvalue weighted by atomic mass is 10.2. The Kier molecular flexibility index (Phi) is 3.63. The highest BCUT2D eigenvalue weighted by Gasteiger charge is 1.85. The van der Waals surface area contributed by atoms with E-state index in [4.69, 9.17) is 0 Å². The highest BCUT2D eigenvalue weighted by molar-refractivity contribution is 5.44. The van der Waals surface area contributed by atoms with Crippen molar-refractivity contribution in [1.82, 2.24) is 0 Å². The summed E-state index contributed by atoms with van der Waals surface area (Å²) in [6.07, 6.45) is 0. The average Bonchev–Trinajstić information content (AvgIpc) is 2.37. The maximum absolute atomic E-state index is 3.23. The van der Waals surface area contributed by atoms with Crippen molar-refractivity contribution in [3.63, 3.8) is 0 Å². The van der Waals surface area contributed by atoms with Crippen molar-refractivity contribution in [1.29, 1.82) is 0 Å². The Morgan fingerprint density at radius 2 is 1.75 bits per heavy atom. The van der Waals surface area contributed by atoms with Crippen LogP contribution in [-0.2, 0) is 0 Å². The van der Waals surface area contributed by atoms with Crippen LogP contribution in [-0.4, -0.2) is 6.54 Å². The molecular formula is C15H12N. The monoisotopic (exact) mass is 206 g/mol. The van der Waals surface area contributed by atoms with E-state index in [1.54, 1.807) is 0 Å². The molecule has 1 N–H and O–H groups in total. The van der Waals surface area contributed by atoms with Gasteiger partial charge in [0.1, 0.15) is 0 Å². The lowest BCUT2D eigenvalue weighted by Gasteiger charge is -1.99. The van der Waals surface area contributed by atoms with E-state index < -0.39 is 0 Å². The standard InChI is InChI=1S/C15H12N/c1-3-8-14(9-4-1)10-7-13-16-15-11-5-2-6-12-15/h2-6,8-9,11-12,16H,13H2. The Morgan fingerprint density at radius 1 is 1.00 bits per heavy atom. The third kappa shape index (κ3) is 3.18. The molecule has 0 aromatic heterocycles. The summed E-state index contributed by atoms with van der Waals surface area (Å²) in [6, 6.07) is 20.7. The molecule has 0 unspecified atom stereocenters. The van der Waals surface area contributed by atoms with E-state index in [0.717, 1.165) is 11.3 Å². The highest BCUT2D eigenvalue weighted by Crippen LogP contribution is 2.03. The van der Waals surface area contributed by atoms with E-state index in [0.29, 0.717) is 6.54 Å². The summed E-state index contributed by atoms with van der Waals surface area (Å²) in [5.41, 5.74) is 2.12. The molecule has 1 radical (unpaired) electrons. The lowest BCUT2D eigenvalue weighted by Crippen LogP contribution is -1.97. The van der Waals surface area contributed by atoms with Crippen molar-refractivity contribution in [2.24, 2.45) is 0 Å². The molecule has 0 spiro atoms. The van der Waals surface area contributed by atoms with Crippen molar-refractivity contribution < 1.29 is 0 Å². The van der Waals surface area contributed by atoms with Gasteiger partial charge in [-0.3, -0.25) is 0 Å². The van der Waals surface area contributed by atoms with Crippen molar-refractivity contribution in [2.45, 2.75) is 0 Å². The number of benzene rings is 2. The minimum Gasteiger partial charge on any atom is -0.374 e. The van der Waals surface area contributed by atoms with Gasteiger partial charge in [0.2, 0.25) is 0 Å². The molecule has 1 nitrogen and oxygen atoms in total. The molecule has 0 saturated heterocycles. The van der Waals surface area contributed by atoms with Gasteiger partial charge in [-0.1, -0.05) is 42.2 Å². The van der Waals surface area contributed by atoms with Gasteiger partial charge in [-0.25, -0.2) is 0 Å². The second-order valence-corrected chi connectivity index (χ2v) is 3.31. The van der Waals surface area contributed by atoms with E-state index in [1.807, 2.05) is 54.6 Å².